The first-order valence-corrected chi connectivity index (χ1v) is 13.0. The van der Waals surface area contributed by atoms with Gasteiger partial charge in [-0.2, -0.15) is 8.78 Å². The zero-order valence-corrected chi connectivity index (χ0v) is 20.3. The Balaban J connectivity index is 2.07. The van der Waals surface area contributed by atoms with Crippen LogP contribution in [0.25, 0.3) is 10.1 Å². The molecular weight excluding hydrogens is 535 g/mol. The van der Waals surface area contributed by atoms with E-state index in [1.54, 1.807) is 24.5 Å². The zero-order valence-electron chi connectivity index (χ0n) is 16.2. The van der Waals surface area contributed by atoms with Gasteiger partial charge < -0.3 is 20.3 Å². The van der Waals surface area contributed by atoms with Gasteiger partial charge in [-0.25, -0.2) is 0 Å². The highest BCUT2D eigenvalue weighted by Crippen LogP contribution is 2.58. The summed E-state index contributed by atoms with van der Waals surface area (Å²) in [6, 6.07) is 7.95. The summed E-state index contributed by atoms with van der Waals surface area (Å²) in [4.78, 5) is 30.2. The number of alkyl halides is 2. The molecule has 6 nitrogen and oxygen atoms in total. The van der Waals surface area contributed by atoms with Crippen LogP contribution >= 0.6 is 35.6 Å². The molecule has 3 rings (SSSR count). The first kappa shape index (κ1) is 24.2. The van der Waals surface area contributed by atoms with E-state index < -0.39 is 35.6 Å². The topological polar surface area (TPSA) is 110 Å². The van der Waals surface area contributed by atoms with Crippen LogP contribution in [-0.2, 0) is 23.1 Å². The Morgan fingerprint density at radius 3 is 2.55 bits per heavy atom. The van der Waals surface area contributed by atoms with E-state index in [-0.39, 0.29) is 27.8 Å². The summed E-state index contributed by atoms with van der Waals surface area (Å²) < 4.78 is 46.4. The molecule has 1 aromatic heterocycles. The Labute approximate surface area is 192 Å². The van der Waals surface area contributed by atoms with E-state index in [1.807, 2.05) is 6.92 Å². The second-order valence-electron chi connectivity index (χ2n) is 6.62. The predicted molar refractivity (Wildman–Crippen MR) is 121 cm³/mol. The molecule has 166 valence electrons. The molecule has 1 unspecified atom stereocenters. The highest BCUT2D eigenvalue weighted by atomic mass is 79.9. The fourth-order valence-electron chi connectivity index (χ4n) is 2.84. The number of rotatable bonds is 7. The molecule has 0 aliphatic rings. The number of hydrogen-bond acceptors (Lipinski definition) is 6. The lowest BCUT2D eigenvalue weighted by Crippen LogP contribution is -2.11. The maximum absolute atomic E-state index is 14.3. The molecule has 0 aliphatic carbocycles. The van der Waals surface area contributed by atoms with Crippen molar-refractivity contribution in [2.75, 3.05) is 6.26 Å². The second-order valence-corrected chi connectivity index (χ2v) is 11.0. The number of thiophene rings is 1. The summed E-state index contributed by atoms with van der Waals surface area (Å²) in [5.74, 6) is -0.613. The molecule has 31 heavy (non-hydrogen) atoms. The molecule has 1 heterocycles. The van der Waals surface area contributed by atoms with Gasteiger partial charge in [0.2, 0.25) is 14.3 Å². The smallest absolute Gasteiger partial charge is 0.349 e. The monoisotopic (exact) mass is 551 g/mol. The van der Waals surface area contributed by atoms with Crippen LogP contribution in [0.15, 0.2) is 39.7 Å². The van der Waals surface area contributed by atoms with Crippen LogP contribution in [0.4, 0.5) is 8.78 Å². The average Bonchev–Trinajstić information content (AvgIpc) is 3.04. The normalized spacial score (nSPS) is 13.0. The Hall–Kier alpha value is -1.49. The molecule has 2 aromatic carbocycles. The summed E-state index contributed by atoms with van der Waals surface area (Å²) in [6.45, 7) is 1.89. The first-order valence-electron chi connectivity index (χ1n) is 8.61. The van der Waals surface area contributed by atoms with Gasteiger partial charge in [-0.3, -0.25) is 9.00 Å². The van der Waals surface area contributed by atoms with Crippen LogP contribution < -0.4 is 10.5 Å². The van der Waals surface area contributed by atoms with Crippen LogP contribution in [0.3, 0.4) is 0 Å². The summed E-state index contributed by atoms with van der Waals surface area (Å²) in [5.41, 5.74) is 3.18. The lowest BCUT2D eigenvalue weighted by atomic mass is 10.1. The van der Waals surface area contributed by atoms with Crippen LogP contribution in [-0.4, -0.2) is 26.2 Å². The van der Waals surface area contributed by atoms with Crippen molar-refractivity contribution in [3.63, 3.8) is 0 Å². The maximum atomic E-state index is 14.3. The third-order valence-corrected chi connectivity index (χ3v) is 8.70. The van der Waals surface area contributed by atoms with Gasteiger partial charge in [0.1, 0.15) is 12.4 Å². The molecule has 0 spiro atoms. The quantitative estimate of drug-likeness (QED) is 0.367. The lowest BCUT2D eigenvalue weighted by Gasteiger charge is -2.15. The van der Waals surface area contributed by atoms with Crippen molar-refractivity contribution in [3.05, 3.63) is 56.4 Å². The second kappa shape index (κ2) is 9.17. The van der Waals surface area contributed by atoms with Crippen LogP contribution in [0.2, 0.25) is 0 Å². The number of amides is 1. The number of carbonyl (C=O) groups is 1. The van der Waals surface area contributed by atoms with Gasteiger partial charge in [0.25, 0.3) is 0 Å². The molecular formula is C19H17BrF2NO5PS2. The van der Waals surface area contributed by atoms with E-state index in [2.05, 4.69) is 15.9 Å². The average molecular weight is 552 g/mol. The fraction of sp³-hybridized carbons (Fsp3) is 0.211. The van der Waals surface area contributed by atoms with Gasteiger partial charge in [-0.15, -0.1) is 11.3 Å². The fourth-order valence-corrected chi connectivity index (χ4v) is 6.22. The van der Waals surface area contributed by atoms with Gasteiger partial charge in [0.05, 0.1) is 9.58 Å². The minimum absolute atomic E-state index is 0.0552. The molecule has 1 amide bonds. The van der Waals surface area contributed by atoms with E-state index in [9.17, 15) is 17.8 Å². The molecule has 0 fully saturated rings. The summed E-state index contributed by atoms with van der Waals surface area (Å²) in [5, 5.41) is 0.247. The maximum Gasteiger partial charge on any atom is 0.349 e. The van der Waals surface area contributed by atoms with Crippen molar-refractivity contribution >= 4 is 62.4 Å². The Morgan fingerprint density at radius 1 is 1.32 bits per heavy atom. The van der Waals surface area contributed by atoms with E-state index in [1.165, 1.54) is 12.1 Å². The van der Waals surface area contributed by atoms with Gasteiger partial charge in [-0.05, 0) is 58.2 Å². The van der Waals surface area contributed by atoms with Crippen LogP contribution in [0.5, 0.6) is 5.75 Å². The number of primary amides is 1. The largest absolute Gasteiger partial charge is 0.487 e. The lowest BCUT2D eigenvalue weighted by molar-refractivity contribution is 0.0766. The highest BCUT2D eigenvalue weighted by molar-refractivity contribution is 9.10. The Bertz CT molecular complexity index is 1200. The van der Waals surface area contributed by atoms with Crippen molar-refractivity contribution < 1.29 is 32.3 Å². The number of ether oxygens (including phenoxy) is 1. The summed E-state index contributed by atoms with van der Waals surface area (Å²) in [6.07, 6.45) is 1.57. The molecule has 0 bridgehead atoms. The predicted octanol–water partition coefficient (Wildman–Crippen LogP) is 4.73. The molecule has 3 aromatic rings. The molecule has 12 heteroatoms. The third kappa shape index (κ3) is 4.81. The van der Waals surface area contributed by atoms with Crippen LogP contribution in [0.1, 0.15) is 26.4 Å². The zero-order chi connectivity index (χ0) is 23.1. The van der Waals surface area contributed by atoms with Gasteiger partial charge in [0, 0.05) is 37.4 Å². The minimum Gasteiger partial charge on any atom is -0.487 e. The number of aryl methyl sites for hydroxylation is 1. The number of carbonyl (C=O) groups excluding carboxylic acids is 1. The van der Waals surface area contributed by atoms with Gasteiger partial charge >= 0.3 is 5.66 Å². The molecule has 0 aliphatic heterocycles. The van der Waals surface area contributed by atoms with E-state index in [4.69, 9.17) is 20.3 Å². The number of fused-ring (bicyclic) bond motifs is 1. The standard InChI is InChI=1S/C19H17BrF2NO5PS2/c1-9-5-12(31(2)27)4-3-10(9)8-28-14-7-11(18(23)24)6-13-15(20)17(30-16(13)14)19(21,22)29(25)26/h3-7,25-26H,8H2,1-2H3,(H2,23,24). The third-order valence-electron chi connectivity index (χ3n) is 4.53. The SMILES string of the molecule is Cc1cc(S(C)=O)ccc1COc1cc(C(N)=O)cc2c(Br)c(C(F)(F)P(O)O)sc12. The first-order chi connectivity index (χ1) is 14.4. The summed E-state index contributed by atoms with van der Waals surface area (Å²) >= 11 is 3.72. The minimum atomic E-state index is -3.87. The number of benzene rings is 2. The molecule has 0 saturated heterocycles. The highest BCUT2D eigenvalue weighted by Gasteiger charge is 2.45. The van der Waals surface area contributed by atoms with E-state index in [0.717, 1.165) is 11.1 Å². The van der Waals surface area contributed by atoms with Gasteiger partial charge in [0.15, 0.2) is 0 Å². The van der Waals surface area contributed by atoms with E-state index >= 15 is 0 Å². The summed E-state index contributed by atoms with van der Waals surface area (Å²) in [7, 11) is -4.70. The number of halogens is 3. The van der Waals surface area contributed by atoms with Gasteiger partial charge in [-0.1, -0.05) is 6.07 Å². The van der Waals surface area contributed by atoms with Crippen molar-refractivity contribution in [2.24, 2.45) is 5.73 Å². The van der Waals surface area contributed by atoms with Crippen molar-refractivity contribution in [3.8, 4) is 5.75 Å². The number of nitrogens with two attached hydrogens (primary N) is 1. The molecule has 1 atom stereocenters. The Kier molecular flexibility index (Phi) is 7.15. The van der Waals surface area contributed by atoms with Crippen molar-refractivity contribution in [2.45, 2.75) is 24.1 Å². The molecule has 0 radical (unpaired) electrons. The van der Waals surface area contributed by atoms with Crippen molar-refractivity contribution in [1.29, 1.82) is 0 Å². The van der Waals surface area contributed by atoms with Crippen LogP contribution in [0, 0.1) is 6.92 Å². The number of hydrogen-bond donors (Lipinski definition) is 3. The molecule has 4 N–H and O–H groups in total. The van der Waals surface area contributed by atoms with E-state index in [0.29, 0.717) is 20.9 Å². The van der Waals surface area contributed by atoms with Crippen molar-refractivity contribution in [1.82, 2.24) is 0 Å². The Morgan fingerprint density at radius 2 is 2.00 bits per heavy atom. The molecule has 0 saturated carbocycles.